The molecular weight excluding hydrogens is 220 g/mol. The number of nitrogens with zero attached hydrogens (tertiary/aromatic N) is 1. The molecule has 1 heterocycles. The first-order chi connectivity index (χ1) is 7.73. The van der Waals surface area contributed by atoms with Crippen molar-refractivity contribution in [3.05, 3.63) is 12.0 Å². The predicted octanol–water partition coefficient (Wildman–Crippen LogP) is 2.14. The molecule has 17 heavy (non-hydrogen) atoms. The summed E-state index contributed by atoms with van der Waals surface area (Å²) in [7, 11) is 0. The fourth-order valence-electron chi connectivity index (χ4n) is 1.35. The van der Waals surface area contributed by atoms with Gasteiger partial charge in [-0.15, -0.1) is 0 Å². The second-order valence-electron chi connectivity index (χ2n) is 5.52. The lowest BCUT2D eigenvalue weighted by Gasteiger charge is -2.24. The second kappa shape index (κ2) is 4.87. The maximum atomic E-state index is 11.8. The zero-order valence-electron chi connectivity index (χ0n) is 10.9. The van der Waals surface area contributed by atoms with E-state index in [1.54, 1.807) is 20.8 Å². The van der Waals surface area contributed by atoms with E-state index in [2.05, 4.69) is 10.5 Å². The van der Waals surface area contributed by atoms with E-state index in [-0.39, 0.29) is 5.92 Å². The van der Waals surface area contributed by atoms with Crippen LogP contribution in [0.4, 0.5) is 5.69 Å². The molecule has 0 aliphatic carbocycles. The van der Waals surface area contributed by atoms with Gasteiger partial charge in [-0.05, 0) is 5.41 Å². The average molecular weight is 240 g/mol. The van der Waals surface area contributed by atoms with E-state index in [0.717, 1.165) is 0 Å². The van der Waals surface area contributed by atoms with E-state index in [1.165, 1.54) is 6.20 Å². The topological polar surface area (TPSA) is 75.4 Å². The third-order valence-electron chi connectivity index (χ3n) is 2.45. The van der Waals surface area contributed by atoms with Crippen molar-refractivity contribution in [2.45, 2.75) is 46.6 Å². The van der Waals surface area contributed by atoms with E-state index in [1.807, 2.05) is 13.8 Å². The maximum Gasteiger partial charge on any atom is 0.253 e. The van der Waals surface area contributed by atoms with Crippen LogP contribution in [-0.2, 0) is 4.79 Å². The molecule has 1 unspecified atom stereocenters. The van der Waals surface area contributed by atoms with Crippen molar-refractivity contribution in [1.82, 2.24) is 5.16 Å². The van der Waals surface area contributed by atoms with Crippen LogP contribution in [0.2, 0.25) is 0 Å². The van der Waals surface area contributed by atoms with Gasteiger partial charge in [-0.3, -0.25) is 4.79 Å². The molecule has 5 nitrogen and oxygen atoms in total. The van der Waals surface area contributed by atoms with Crippen molar-refractivity contribution in [1.29, 1.82) is 0 Å². The Hall–Kier alpha value is -1.36. The summed E-state index contributed by atoms with van der Waals surface area (Å²) in [4.78, 5) is 11.8. The first-order valence-corrected chi connectivity index (χ1v) is 5.67. The molecule has 96 valence electrons. The van der Waals surface area contributed by atoms with Gasteiger partial charge in [0.05, 0.1) is 6.20 Å². The molecule has 0 saturated carbocycles. The number of anilines is 1. The molecule has 0 radical (unpaired) electrons. The van der Waals surface area contributed by atoms with Crippen LogP contribution >= 0.6 is 0 Å². The number of aliphatic hydroxyl groups is 1. The van der Waals surface area contributed by atoms with Crippen LogP contribution in [-0.4, -0.2) is 22.3 Å². The molecule has 0 saturated heterocycles. The Morgan fingerprint density at radius 1 is 1.47 bits per heavy atom. The molecule has 0 spiro atoms. The molecule has 1 atom stereocenters. The number of carbonyl (C=O) groups is 1. The molecule has 0 bridgehead atoms. The number of carbonyl (C=O) groups excluding carboxylic acids is 1. The Bertz CT molecular complexity index is 391. The maximum absolute atomic E-state index is 11.8. The minimum atomic E-state index is -1.07. The molecule has 1 aromatic rings. The normalized spacial score (nSPS) is 13.8. The summed E-state index contributed by atoms with van der Waals surface area (Å²) in [5.41, 5.74) is 0.0208. The molecule has 5 heteroatoms. The number of nitrogens with one attached hydrogen (secondary N) is 1. The third-order valence-corrected chi connectivity index (χ3v) is 2.45. The highest BCUT2D eigenvalue weighted by Gasteiger charge is 2.30. The molecule has 1 rings (SSSR count). The summed E-state index contributed by atoms with van der Waals surface area (Å²) in [6, 6.07) is 0. The highest BCUT2D eigenvalue weighted by molar-refractivity contribution is 5.94. The lowest BCUT2D eigenvalue weighted by molar-refractivity contribution is -0.129. The van der Waals surface area contributed by atoms with Gasteiger partial charge in [0.15, 0.2) is 5.76 Å². The van der Waals surface area contributed by atoms with Crippen LogP contribution in [0.3, 0.4) is 0 Å². The van der Waals surface area contributed by atoms with Gasteiger partial charge in [0.1, 0.15) is 11.8 Å². The Morgan fingerprint density at radius 2 is 2.06 bits per heavy atom. The first-order valence-electron chi connectivity index (χ1n) is 5.67. The van der Waals surface area contributed by atoms with Crippen LogP contribution in [0.25, 0.3) is 0 Å². The Labute approximate surface area is 101 Å². The number of amides is 1. The van der Waals surface area contributed by atoms with Gasteiger partial charge in [-0.25, -0.2) is 0 Å². The summed E-state index contributed by atoms with van der Waals surface area (Å²) in [5.74, 6) is 0.293. The molecular formula is C12H20N2O3. The Kier molecular flexibility index (Phi) is 3.93. The van der Waals surface area contributed by atoms with Crippen LogP contribution in [0.15, 0.2) is 10.7 Å². The molecule has 1 aromatic heterocycles. The van der Waals surface area contributed by atoms with Crippen LogP contribution in [0.1, 0.15) is 46.3 Å². The summed E-state index contributed by atoms with van der Waals surface area (Å²) in [6.07, 6.45) is 0.375. The monoisotopic (exact) mass is 240 g/mol. The van der Waals surface area contributed by atoms with Gasteiger partial charge in [0.2, 0.25) is 0 Å². The first kappa shape index (κ1) is 13.7. The van der Waals surface area contributed by atoms with Gasteiger partial charge >= 0.3 is 0 Å². The summed E-state index contributed by atoms with van der Waals surface area (Å²) < 4.78 is 5.05. The molecule has 0 aliphatic heterocycles. The van der Waals surface area contributed by atoms with Gasteiger partial charge in [-0.2, -0.15) is 0 Å². The fourth-order valence-corrected chi connectivity index (χ4v) is 1.35. The SMILES string of the molecule is CC(C)c1oncc1NC(=O)C(O)C(C)(C)C. The number of aliphatic hydroxyl groups excluding tert-OH is 1. The zero-order valence-corrected chi connectivity index (χ0v) is 10.9. The number of aromatic nitrogens is 1. The molecule has 0 fully saturated rings. The second-order valence-corrected chi connectivity index (χ2v) is 5.52. The number of rotatable bonds is 3. The zero-order chi connectivity index (χ0) is 13.2. The minimum absolute atomic E-state index is 0.125. The number of hydrogen-bond acceptors (Lipinski definition) is 4. The highest BCUT2D eigenvalue weighted by atomic mass is 16.5. The largest absolute Gasteiger partial charge is 0.383 e. The lowest BCUT2D eigenvalue weighted by atomic mass is 9.88. The van der Waals surface area contributed by atoms with Crippen molar-refractivity contribution in [3.8, 4) is 0 Å². The Morgan fingerprint density at radius 3 is 2.53 bits per heavy atom. The fraction of sp³-hybridized carbons (Fsp3) is 0.667. The van der Waals surface area contributed by atoms with Gasteiger partial charge < -0.3 is 14.9 Å². The van der Waals surface area contributed by atoms with Crippen molar-refractivity contribution < 1.29 is 14.4 Å². The molecule has 1 amide bonds. The summed E-state index contributed by atoms with van der Waals surface area (Å²) in [5, 5.41) is 16.1. The van der Waals surface area contributed by atoms with E-state index in [0.29, 0.717) is 11.4 Å². The summed E-state index contributed by atoms with van der Waals surface area (Å²) in [6.45, 7) is 9.28. The van der Waals surface area contributed by atoms with Crippen LogP contribution in [0.5, 0.6) is 0 Å². The molecule has 2 N–H and O–H groups in total. The van der Waals surface area contributed by atoms with Gasteiger partial charge in [0.25, 0.3) is 5.91 Å². The standard InChI is InChI=1S/C12H20N2O3/c1-7(2)9-8(6-13-17-9)14-11(16)10(15)12(3,4)5/h6-7,10,15H,1-5H3,(H,14,16). The van der Waals surface area contributed by atoms with Gasteiger partial charge in [-0.1, -0.05) is 39.8 Å². The average Bonchev–Trinajstić information content (AvgIpc) is 2.63. The van der Waals surface area contributed by atoms with E-state index < -0.39 is 17.4 Å². The van der Waals surface area contributed by atoms with Crippen molar-refractivity contribution in [2.75, 3.05) is 5.32 Å². The minimum Gasteiger partial charge on any atom is -0.383 e. The lowest BCUT2D eigenvalue weighted by Crippen LogP contribution is -2.38. The molecule has 0 aromatic carbocycles. The van der Waals surface area contributed by atoms with Crippen LogP contribution < -0.4 is 5.32 Å². The Balaban J connectivity index is 2.78. The highest BCUT2D eigenvalue weighted by Crippen LogP contribution is 2.25. The quantitative estimate of drug-likeness (QED) is 0.848. The van der Waals surface area contributed by atoms with Crippen molar-refractivity contribution in [3.63, 3.8) is 0 Å². The van der Waals surface area contributed by atoms with Crippen LogP contribution in [0, 0.1) is 5.41 Å². The van der Waals surface area contributed by atoms with Gasteiger partial charge in [0, 0.05) is 5.92 Å². The molecule has 0 aliphatic rings. The summed E-state index contributed by atoms with van der Waals surface area (Å²) >= 11 is 0. The van der Waals surface area contributed by atoms with E-state index in [4.69, 9.17) is 4.52 Å². The van der Waals surface area contributed by atoms with E-state index >= 15 is 0 Å². The number of hydrogen-bond donors (Lipinski definition) is 2. The third kappa shape index (κ3) is 3.30. The van der Waals surface area contributed by atoms with Crippen molar-refractivity contribution in [2.24, 2.45) is 5.41 Å². The van der Waals surface area contributed by atoms with E-state index in [9.17, 15) is 9.90 Å². The predicted molar refractivity (Wildman–Crippen MR) is 64.7 cm³/mol. The smallest absolute Gasteiger partial charge is 0.253 e. The van der Waals surface area contributed by atoms with Crippen molar-refractivity contribution >= 4 is 11.6 Å².